The van der Waals surface area contributed by atoms with E-state index in [1.165, 1.54) is 35.6 Å². The predicted octanol–water partition coefficient (Wildman–Crippen LogP) is 2.85. The van der Waals surface area contributed by atoms with Crippen molar-refractivity contribution in [1.29, 1.82) is 0 Å². The lowest BCUT2D eigenvalue weighted by molar-refractivity contribution is 0.169. The van der Waals surface area contributed by atoms with Crippen molar-refractivity contribution in [2.75, 3.05) is 6.54 Å². The van der Waals surface area contributed by atoms with Gasteiger partial charge in [0.05, 0.1) is 6.10 Å². The van der Waals surface area contributed by atoms with E-state index in [2.05, 4.69) is 4.72 Å². The molecule has 0 fully saturated rings. The van der Waals surface area contributed by atoms with Crippen molar-refractivity contribution in [2.24, 2.45) is 0 Å². The molecule has 0 spiro atoms. The molecule has 0 aliphatic rings. The van der Waals surface area contributed by atoms with E-state index in [0.29, 0.717) is 5.56 Å². The maximum atomic E-state index is 12.8. The van der Waals surface area contributed by atoms with Gasteiger partial charge in [-0.05, 0) is 42.7 Å². The van der Waals surface area contributed by atoms with E-state index in [0.717, 1.165) is 11.3 Å². The number of aliphatic hydroxyl groups excluding tert-OH is 1. The number of sulfonamides is 1. The monoisotopic (exact) mass is 343 g/mol. The third-order valence-corrected chi connectivity index (χ3v) is 6.40. The lowest BCUT2D eigenvalue weighted by atomic mass is 10.1. The molecule has 0 aliphatic carbocycles. The van der Waals surface area contributed by atoms with Crippen LogP contribution in [0.15, 0.2) is 40.6 Å². The lowest BCUT2D eigenvalue weighted by Gasteiger charge is -2.11. The molecule has 2 rings (SSSR count). The number of aliphatic hydroxyl groups is 1. The van der Waals surface area contributed by atoms with E-state index in [1.54, 1.807) is 12.1 Å². The summed E-state index contributed by atoms with van der Waals surface area (Å²) in [6.45, 7) is 2.08. The molecule has 0 amide bonds. The fourth-order valence-electron chi connectivity index (χ4n) is 1.95. The summed E-state index contributed by atoms with van der Waals surface area (Å²) in [5.74, 6) is -0.374. The van der Waals surface area contributed by atoms with Crippen molar-refractivity contribution < 1.29 is 17.9 Å². The number of rotatable bonds is 7. The Bertz CT molecular complexity index is 711. The Balaban J connectivity index is 1.90. The number of aryl methyl sites for hydroxylation is 1. The van der Waals surface area contributed by atoms with Gasteiger partial charge in [0.15, 0.2) is 0 Å². The molecule has 1 aromatic carbocycles. The van der Waals surface area contributed by atoms with Gasteiger partial charge >= 0.3 is 0 Å². The normalized spacial score (nSPS) is 13.2. The minimum absolute atomic E-state index is 0.111. The minimum Gasteiger partial charge on any atom is -0.388 e. The summed E-state index contributed by atoms with van der Waals surface area (Å²) < 4.78 is 39.7. The molecule has 2 N–H and O–H groups in total. The first-order valence-electron chi connectivity index (χ1n) is 6.94. The van der Waals surface area contributed by atoms with Crippen molar-refractivity contribution >= 4 is 21.4 Å². The maximum Gasteiger partial charge on any atom is 0.250 e. The van der Waals surface area contributed by atoms with Crippen LogP contribution in [0.5, 0.6) is 0 Å². The highest BCUT2D eigenvalue weighted by molar-refractivity contribution is 7.91. The van der Waals surface area contributed by atoms with E-state index >= 15 is 0 Å². The predicted molar refractivity (Wildman–Crippen MR) is 84.9 cm³/mol. The Labute approximate surface area is 133 Å². The van der Waals surface area contributed by atoms with Gasteiger partial charge in [-0.25, -0.2) is 17.5 Å². The summed E-state index contributed by atoms with van der Waals surface area (Å²) in [5, 5.41) is 9.97. The number of benzene rings is 1. The van der Waals surface area contributed by atoms with Crippen molar-refractivity contribution in [3.8, 4) is 0 Å². The van der Waals surface area contributed by atoms with Crippen LogP contribution in [0, 0.1) is 5.82 Å². The molecular formula is C15H18FNO3S2. The minimum atomic E-state index is -3.54. The van der Waals surface area contributed by atoms with E-state index in [-0.39, 0.29) is 23.0 Å². The van der Waals surface area contributed by atoms with Crippen LogP contribution in [0.2, 0.25) is 0 Å². The van der Waals surface area contributed by atoms with Crippen molar-refractivity contribution in [1.82, 2.24) is 4.72 Å². The highest BCUT2D eigenvalue weighted by Gasteiger charge is 2.17. The fraction of sp³-hybridized carbons (Fsp3) is 0.333. The zero-order valence-electron chi connectivity index (χ0n) is 12.1. The molecule has 4 nitrogen and oxygen atoms in total. The van der Waals surface area contributed by atoms with Crippen LogP contribution >= 0.6 is 11.3 Å². The van der Waals surface area contributed by atoms with Crippen LogP contribution < -0.4 is 4.72 Å². The van der Waals surface area contributed by atoms with Crippen molar-refractivity contribution in [2.45, 2.75) is 30.1 Å². The average molecular weight is 343 g/mol. The van der Waals surface area contributed by atoms with Crippen LogP contribution in [0.25, 0.3) is 0 Å². The molecule has 0 bridgehead atoms. The molecule has 0 saturated heterocycles. The zero-order chi connectivity index (χ0) is 16.2. The second-order valence-electron chi connectivity index (χ2n) is 4.83. The van der Waals surface area contributed by atoms with Crippen LogP contribution in [-0.2, 0) is 16.4 Å². The third-order valence-electron chi connectivity index (χ3n) is 3.21. The van der Waals surface area contributed by atoms with E-state index in [9.17, 15) is 17.9 Å². The van der Waals surface area contributed by atoms with Gasteiger partial charge in [-0.2, -0.15) is 0 Å². The number of hydrogen-bond donors (Lipinski definition) is 2. The SMILES string of the molecule is CCc1ccc(S(=O)(=O)NCCC(O)c2ccc(F)cc2)s1. The smallest absolute Gasteiger partial charge is 0.250 e. The summed E-state index contributed by atoms with van der Waals surface area (Å²) >= 11 is 1.24. The summed E-state index contributed by atoms with van der Waals surface area (Å²) in [7, 11) is -3.54. The van der Waals surface area contributed by atoms with Gasteiger partial charge in [0.25, 0.3) is 0 Å². The van der Waals surface area contributed by atoms with Gasteiger partial charge in [0, 0.05) is 11.4 Å². The number of nitrogens with one attached hydrogen (secondary N) is 1. The van der Waals surface area contributed by atoms with Gasteiger partial charge in [-0.1, -0.05) is 19.1 Å². The molecule has 0 saturated carbocycles. The Hall–Kier alpha value is -1.28. The first kappa shape index (κ1) is 17.1. The van der Waals surface area contributed by atoms with Crippen LogP contribution in [-0.4, -0.2) is 20.1 Å². The van der Waals surface area contributed by atoms with E-state index in [4.69, 9.17) is 0 Å². The zero-order valence-corrected chi connectivity index (χ0v) is 13.8. The Morgan fingerprint density at radius 2 is 1.91 bits per heavy atom. The molecule has 1 heterocycles. The molecular weight excluding hydrogens is 325 g/mol. The topological polar surface area (TPSA) is 66.4 Å². The summed E-state index contributed by atoms with van der Waals surface area (Å²) in [5.41, 5.74) is 0.560. The molecule has 0 radical (unpaired) electrons. The van der Waals surface area contributed by atoms with Crippen molar-refractivity contribution in [3.63, 3.8) is 0 Å². The van der Waals surface area contributed by atoms with Crippen LogP contribution in [0.3, 0.4) is 0 Å². The first-order chi connectivity index (χ1) is 10.4. The molecule has 7 heteroatoms. The molecule has 0 aliphatic heterocycles. The molecule has 2 aromatic rings. The summed E-state index contributed by atoms with van der Waals surface area (Å²) in [4.78, 5) is 1.01. The largest absolute Gasteiger partial charge is 0.388 e. The third kappa shape index (κ3) is 4.36. The number of hydrogen-bond acceptors (Lipinski definition) is 4. The van der Waals surface area contributed by atoms with E-state index < -0.39 is 16.1 Å². The lowest BCUT2D eigenvalue weighted by Crippen LogP contribution is -2.25. The Morgan fingerprint density at radius 1 is 1.23 bits per heavy atom. The second kappa shape index (κ2) is 7.32. The Morgan fingerprint density at radius 3 is 2.50 bits per heavy atom. The number of thiophene rings is 1. The average Bonchev–Trinajstić information content (AvgIpc) is 2.97. The van der Waals surface area contributed by atoms with Gasteiger partial charge < -0.3 is 5.11 Å². The molecule has 1 atom stereocenters. The molecule has 1 aromatic heterocycles. The molecule has 120 valence electrons. The quantitative estimate of drug-likeness (QED) is 0.812. The van der Waals surface area contributed by atoms with Crippen molar-refractivity contribution in [3.05, 3.63) is 52.7 Å². The Kier molecular flexibility index (Phi) is 5.69. The van der Waals surface area contributed by atoms with Gasteiger partial charge in [0.2, 0.25) is 10.0 Å². The van der Waals surface area contributed by atoms with Gasteiger partial charge in [0.1, 0.15) is 10.0 Å². The van der Waals surface area contributed by atoms with Crippen LogP contribution in [0.1, 0.15) is 29.9 Å². The standard InChI is InChI=1S/C15H18FNO3S2/c1-2-13-7-8-15(21-13)22(19,20)17-10-9-14(18)11-3-5-12(16)6-4-11/h3-8,14,17-18H,2,9-10H2,1H3. The maximum absolute atomic E-state index is 12.8. The second-order valence-corrected chi connectivity index (χ2v) is 7.99. The van der Waals surface area contributed by atoms with Gasteiger partial charge in [-0.15, -0.1) is 11.3 Å². The summed E-state index contributed by atoms with van der Waals surface area (Å²) in [6.07, 6.45) is 0.179. The van der Waals surface area contributed by atoms with E-state index in [1.807, 2.05) is 6.92 Å². The molecule has 1 unspecified atom stereocenters. The number of halogens is 1. The van der Waals surface area contributed by atoms with Crippen LogP contribution in [0.4, 0.5) is 4.39 Å². The summed E-state index contributed by atoms with van der Waals surface area (Å²) in [6, 6.07) is 8.89. The van der Waals surface area contributed by atoms with Gasteiger partial charge in [-0.3, -0.25) is 0 Å². The molecule has 22 heavy (non-hydrogen) atoms. The highest BCUT2D eigenvalue weighted by Crippen LogP contribution is 2.22. The fourth-order valence-corrected chi connectivity index (χ4v) is 4.33. The highest BCUT2D eigenvalue weighted by atomic mass is 32.2. The first-order valence-corrected chi connectivity index (χ1v) is 9.24.